The standard InChI is InChI=1S/C26H33NO4/c1-2-3-4-5-6-7-8-17-24(25(28)29)27-26(30)31-18-23-21-15-11-9-13-19(21)20-14-10-12-16-22(20)23/h9-16,23-24H,2-8,17-18H2,1H3,(H,27,30)(H,28,29). The minimum Gasteiger partial charge on any atom is -0.480 e. The van der Waals surface area contributed by atoms with Crippen LogP contribution in [0.1, 0.15) is 75.3 Å². The molecule has 5 heteroatoms. The van der Waals surface area contributed by atoms with Crippen LogP contribution < -0.4 is 5.32 Å². The molecule has 1 unspecified atom stereocenters. The number of carbonyl (C=O) groups excluding carboxylic acids is 1. The lowest BCUT2D eigenvalue weighted by Crippen LogP contribution is -2.41. The Labute approximate surface area is 184 Å². The number of unbranched alkanes of at least 4 members (excludes halogenated alkanes) is 6. The van der Waals surface area contributed by atoms with E-state index in [2.05, 4.69) is 36.5 Å². The van der Waals surface area contributed by atoms with Crippen molar-refractivity contribution in [3.05, 3.63) is 59.7 Å². The van der Waals surface area contributed by atoms with E-state index in [9.17, 15) is 14.7 Å². The number of alkyl carbamates (subject to hydrolysis) is 1. The van der Waals surface area contributed by atoms with E-state index in [0.717, 1.165) is 41.5 Å². The molecular weight excluding hydrogens is 390 g/mol. The van der Waals surface area contributed by atoms with Crippen LogP contribution in [0.5, 0.6) is 0 Å². The summed E-state index contributed by atoms with van der Waals surface area (Å²) in [7, 11) is 0. The lowest BCUT2D eigenvalue weighted by molar-refractivity contribution is -0.139. The van der Waals surface area contributed by atoms with Gasteiger partial charge in [0.1, 0.15) is 12.6 Å². The van der Waals surface area contributed by atoms with Crippen LogP contribution in [0.2, 0.25) is 0 Å². The van der Waals surface area contributed by atoms with Gasteiger partial charge in [0.15, 0.2) is 0 Å². The number of hydrogen-bond donors (Lipinski definition) is 2. The Kier molecular flexibility index (Phi) is 8.51. The molecule has 0 bridgehead atoms. The SMILES string of the molecule is CCCCCCCCCC(NC(=O)OCC1c2ccccc2-c2ccccc21)C(=O)O. The average Bonchev–Trinajstić information content (AvgIpc) is 3.10. The van der Waals surface area contributed by atoms with Gasteiger partial charge in [-0.1, -0.05) is 100 Å². The molecule has 0 radical (unpaired) electrons. The molecule has 1 atom stereocenters. The molecule has 1 aliphatic rings. The molecule has 0 saturated heterocycles. The summed E-state index contributed by atoms with van der Waals surface area (Å²) >= 11 is 0. The first-order valence-corrected chi connectivity index (χ1v) is 11.5. The molecule has 5 nitrogen and oxygen atoms in total. The van der Waals surface area contributed by atoms with Crippen LogP contribution in [-0.4, -0.2) is 29.8 Å². The molecule has 3 rings (SSSR count). The van der Waals surface area contributed by atoms with E-state index in [4.69, 9.17) is 4.74 Å². The molecule has 31 heavy (non-hydrogen) atoms. The van der Waals surface area contributed by atoms with Crippen molar-refractivity contribution in [2.75, 3.05) is 6.61 Å². The third kappa shape index (κ3) is 6.09. The summed E-state index contributed by atoms with van der Waals surface area (Å²) in [4.78, 5) is 23.9. The molecule has 166 valence electrons. The number of amides is 1. The highest BCUT2D eigenvalue weighted by Crippen LogP contribution is 2.44. The number of fused-ring (bicyclic) bond motifs is 3. The highest BCUT2D eigenvalue weighted by molar-refractivity contribution is 5.81. The van der Waals surface area contributed by atoms with Gasteiger partial charge in [0.05, 0.1) is 0 Å². The maximum absolute atomic E-state index is 12.3. The summed E-state index contributed by atoms with van der Waals surface area (Å²) < 4.78 is 5.48. The quantitative estimate of drug-likeness (QED) is 0.403. The lowest BCUT2D eigenvalue weighted by Gasteiger charge is -2.17. The summed E-state index contributed by atoms with van der Waals surface area (Å²) in [6, 6.07) is 15.4. The van der Waals surface area contributed by atoms with Gasteiger partial charge in [-0.25, -0.2) is 9.59 Å². The zero-order valence-electron chi connectivity index (χ0n) is 18.3. The molecule has 2 aromatic rings. The average molecular weight is 424 g/mol. The van der Waals surface area contributed by atoms with Crippen molar-refractivity contribution >= 4 is 12.1 Å². The second-order valence-electron chi connectivity index (χ2n) is 8.27. The highest BCUT2D eigenvalue weighted by Gasteiger charge is 2.29. The zero-order valence-corrected chi connectivity index (χ0v) is 18.3. The summed E-state index contributed by atoms with van der Waals surface area (Å²) in [5.41, 5.74) is 4.59. The van der Waals surface area contributed by atoms with E-state index in [1.807, 2.05) is 24.3 Å². The van der Waals surface area contributed by atoms with Gasteiger partial charge >= 0.3 is 12.1 Å². The Morgan fingerprint density at radius 3 is 2.03 bits per heavy atom. The third-order valence-electron chi connectivity index (χ3n) is 6.03. The summed E-state index contributed by atoms with van der Waals surface area (Å²) in [6.07, 6.45) is 7.52. The van der Waals surface area contributed by atoms with Crippen molar-refractivity contribution in [3.8, 4) is 11.1 Å². The topological polar surface area (TPSA) is 75.6 Å². The predicted octanol–water partition coefficient (Wildman–Crippen LogP) is 6.12. The van der Waals surface area contributed by atoms with E-state index >= 15 is 0 Å². The zero-order chi connectivity index (χ0) is 22.1. The number of ether oxygens (including phenoxy) is 1. The Hall–Kier alpha value is -2.82. The minimum absolute atomic E-state index is 0.0375. The van der Waals surface area contributed by atoms with Gasteiger partial charge in [-0.3, -0.25) is 0 Å². The Morgan fingerprint density at radius 1 is 0.903 bits per heavy atom. The molecule has 1 aliphatic carbocycles. The Morgan fingerprint density at radius 2 is 1.45 bits per heavy atom. The molecule has 0 spiro atoms. The van der Waals surface area contributed by atoms with Crippen LogP contribution in [-0.2, 0) is 9.53 Å². The maximum Gasteiger partial charge on any atom is 0.407 e. The van der Waals surface area contributed by atoms with Crippen LogP contribution in [0.25, 0.3) is 11.1 Å². The fourth-order valence-corrected chi connectivity index (χ4v) is 4.35. The smallest absolute Gasteiger partial charge is 0.407 e. The number of aliphatic carboxylic acids is 1. The summed E-state index contributed by atoms with van der Waals surface area (Å²) in [5, 5.41) is 12.0. The second-order valence-corrected chi connectivity index (χ2v) is 8.27. The molecule has 0 aliphatic heterocycles. The first kappa shape index (κ1) is 22.9. The van der Waals surface area contributed by atoms with Gasteiger partial charge in [0, 0.05) is 5.92 Å². The third-order valence-corrected chi connectivity index (χ3v) is 6.03. The molecule has 0 fully saturated rings. The Bertz CT molecular complexity index is 834. The van der Waals surface area contributed by atoms with Crippen LogP contribution in [0.15, 0.2) is 48.5 Å². The number of hydrogen-bond acceptors (Lipinski definition) is 3. The van der Waals surface area contributed by atoms with Gasteiger partial charge in [-0.2, -0.15) is 0 Å². The van der Waals surface area contributed by atoms with E-state index in [1.165, 1.54) is 25.7 Å². The number of rotatable bonds is 12. The molecule has 2 aromatic carbocycles. The van der Waals surface area contributed by atoms with Crippen molar-refractivity contribution in [2.45, 2.75) is 70.3 Å². The molecular formula is C26H33NO4. The van der Waals surface area contributed by atoms with Gasteiger partial charge in [0.2, 0.25) is 0 Å². The first-order valence-electron chi connectivity index (χ1n) is 11.5. The van der Waals surface area contributed by atoms with Crippen LogP contribution >= 0.6 is 0 Å². The van der Waals surface area contributed by atoms with E-state index in [1.54, 1.807) is 0 Å². The van der Waals surface area contributed by atoms with E-state index in [-0.39, 0.29) is 12.5 Å². The summed E-state index contributed by atoms with van der Waals surface area (Å²) in [5.74, 6) is -1.05. The first-order chi connectivity index (χ1) is 15.1. The van der Waals surface area contributed by atoms with E-state index in [0.29, 0.717) is 6.42 Å². The second kappa shape index (κ2) is 11.5. The van der Waals surface area contributed by atoms with Gasteiger partial charge < -0.3 is 15.2 Å². The highest BCUT2D eigenvalue weighted by atomic mass is 16.5. The number of carbonyl (C=O) groups is 2. The molecule has 0 saturated carbocycles. The number of carboxylic acids is 1. The minimum atomic E-state index is -1.01. The predicted molar refractivity (Wildman–Crippen MR) is 122 cm³/mol. The molecule has 1 amide bonds. The molecule has 0 heterocycles. The van der Waals surface area contributed by atoms with E-state index < -0.39 is 18.1 Å². The van der Waals surface area contributed by atoms with Gasteiger partial charge in [-0.05, 0) is 28.7 Å². The maximum atomic E-state index is 12.3. The van der Waals surface area contributed by atoms with Crippen molar-refractivity contribution < 1.29 is 19.4 Å². The fraction of sp³-hybridized carbons (Fsp3) is 0.462. The van der Waals surface area contributed by atoms with Crippen molar-refractivity contribution in [2.24, 2.45) is 0 Å². The number of carboxylic acid groups (broad SMARTS) is 1. The molecule has 0 aromatic heterocycles. The van der Waals surface area contributed by atoms with Crippen LogP contribution in [0.4, 0.5) is 4.79 Å². The fourth-order valence-electron chi connectivity index (χ4n) is 4.35. The van der Waals surface area contributed by atoms with Crippen molar-refractivity contribution in [3.63, 3.8) is 0 Å². The summed E-state index contributed by atoms with van der Waals surface area (Å²) in [6.45, 7) is 2.37. The van der Waals surface area contributed by atoms with Crippen LogP contribution in [0, 0.1) is 0 Å². The molecule has 2 N–H and O–H groups in total. The largest absolute Gasteiger partial charge is 0.480 e. The monoisotopic (exact) mass is 423 g/mol. The number of nitrogens with one attached hydrogen (secondary N) is 1. The normalized spacial score (nSPS) is 13.3. The number of benzene rings is 2. The van der Waals surface area contributed by atoms with Crippen molar-refractivity contribution in [1.82, 2.24) is 5.32 Å². The lowest BCUT2D eigenvalue weighted by atomic mass is 9.98. The van der Waals surface area contributed by atoms with Crippen molar-refractivity contribution in [1.29, 1.82) is 0 Å². The van der Waals surface area contributed by atoms with Gasteiger partial charge in [-0.15, -0.1) is 0 Å². The van der Waals surface area contributed by atoms with Crippen LogP contribution in [0.3, 0.4) is 0 Å². The Balaban J connectivity index is 1.49. The van der Waals surface area contributed by atoms with Gasteiger partial charge in [0.25, 0.3) is 0 Å².